The average molecular weight is 279 g/mol. The second-order valence-electron chi connectivity index (χ2n) is 4.86. The standard InChI is InChI=1S/C16H17N5/c1-21-11-19-20-16(21)13-7-3-5-9-15(13)18-10-12-6-2-4-8-14(12)17/h2-9,11,18H,10,17H2,1H3. The number of nitrogens with one attached hydrogen (secondary N) is 1. The van der Waals surface area contributed by atoms with Crippen molar-refractivity contribution >= 4 is 11.4 Å². The zero-order chi connectivity index (χ0) is 14.7. The summed E-state index contributed by atoms with van der Waals surface area (Å²) in [5, 5.41) is 11.5. The van der Waals surface area contributed by atoms with Crippen LogP contribution in [0.3, 0.4) is 0 Å². The van der Waals surface area contributed by atoms with Crippen LogP contribution in [0.2, 0.25) is 0 Å². The Morgan fingerprint density at radius 2 is 1.86 bits per heavy atom. The summed E-state index contributed by atoms with van der Waals surface area (Å²) in [7, 11) is 1.93. The molecule has 21 heavy (non-hydrogen) atoms. The number of benzene rings is 2. The molecule has 5 heteroatoms. The summed E-state index contributed by atoms with van der Waals surface area (Å²) in [6.07, 6.45) is 1.70. The molecule has 0 saturated carbocycles. The largest absolute Gasteiger partial charge is 0.398 e. The third-order valence-corrected chi connectivity index (χ3v) is 3.40. The zero-order valence-corrected chi connectivity index (χ0v) is 11.8. The Hall–Kier alpha value is -2.82. The molecule has 0 spiro atoms. The number of nitrogens with zero attached hydrogens (tertiary/aromatic N) is 3. The number of anilines is 2. The van der Waals surface area contributed by atoms with Crippen molar-refractivity contribution in [2.24, 2.45) is 7.05 Å². The second-order valence-corrected chi connectivity index (χ2v) is 4.86. The van der Waals surface area contributed by atoms with Crippen molar-refractivity contribution in [1.82, 2.24) is 14.8 Å². The molecule has 2 aromatic carbocycles. The first-order valence-corrected chi connectivity index (χ1v) is 6.76. The number of nitrogens with two attached hydrogens (primary N) is 1. The Balaban J connectivity index is 1.87. The Morgan fingerprint density at radius 3 is 2.62 bits per heavy atom. The minimum Gasteiger partial charge on any atom is -0.398 e. The van der Waals surface area contributed by atoms with Gasteiger partial charge in [0.25, 0.3) is 0 Å². The Kier molecular flexibility index (Phi) is 3.55. The molecule has 3 rings (SSSR count). The van der Waals surface area contributed by atoms with Crippen LogP contribution in [0, 0.1) is 0 Å². The minimum absolute atomic E-state index is 0.668. The molecule has 0 aliphatic carbocycles. The van der Waals surface area contributed by atoms with Gasteiger partial charge in [0, 0.05) is 30.5 Å². The number of rotatable bonds is 4. The lowest BCUT2D eigenvalue weighted by Gasteiger charge is -2.12. The first-order valence-electron chi connectivity index (χ1n) is 6.76. The summed E-state index contributed by atoms with van der Waals surface area (Å²) in [6, 6.07) is 15.9. The fourth-order valence-corrected chi connectivity index (χ4v) is 2.24. The van der Waals surface area contributed by atoms with Crippen LogP contribution >= 0.6 is 0 Å². The van der Waals surface area contributed by atoms with E-state index in [4.69, 9.17) is 5.73 Å². The number of hydrogen-bond acceptors (Lipinski definition) is 4. The maximum atomic E-state index is 5.98. The Morgan fingerprint density at radius 1 is 1.10 bits per heavy atom. The van der Waals surface area contributed by atoms with Crippen molar-refractivity contribution in [2.45, 2.75) is 6.54 Å². The fraction of sp³-hybridized carbons (Fsp3) is 0.125. The van der Waals surface area contributed by atoms with Crippen LogP contribution in [-0.2, 0) is 13.6 Å². The molecule has 1 aromatic heterocycles. The SMILES string of the molecule is Cn1cnnc1-c1ccccc1NCc1ccccc1N. The summed E-state index contributed by atoms with van der Waals surface area (Å²) in [5.74, 6) is 0.833. The van der Waals surface area contributed by atoms with Gasteiger partial charge in [-0.1, -0.05) is 30.3 Å². The predicted molar refractivity (Wildman–Crippen MR) is 84.6 cm³/mol. The van der Waals surface area contributed by atoms with Crippen molar-refractivity contribution in [3.63, 3.8) is 0 Å². The third kappa shape index (κ3) is 2.72. The first-order chi connectivity index (χ1) is 10.3. The summed E-state index contributed by atoms with van der Waals surface area (Å²) >= 11 is 0. The molecule has 0 aliphatic rings. The van der Waals surface area contributed by atoms with Crippen LogP contribution in [-0.4, -0.2) is 14.8 Å². The van der Waals surface area contributed by atoms with Gasteiger partial charge >= 0.3 is 0 Å². The van der Waals surface area contributed by atoms with E-state index in [1.165, 1.54) is 0 Å². The summed E-state index contributed by atoms with van der Waals surface area (Å²) < 4.78 is 1.90. The van der Waals surface area contributed by atoms with E-state index < -0.39 is 0 Å². The van der Waals surface area contributed by atoms with Gasteiger partial charge in [-0.15, -0.1) is 10.2 Å². The quantitative estimate of drug-likeness (QED) is 0.720. The van der Waals surface area contributed by atoms with Crippen LogP contribution in [0.25, 0.3) is 11.4 Å². The van der Waals surface area contributed by atoms with Gasteiger partial charge in [-0.25, -0.2) is 0 Å². The number of para-hydroxylation sites is 2. The molecule has 0 unspecified atom stereocenters. The minimum atomic E-state index is 0.668. The molecule has 0 amide bonds. The van der Waals surface area contributed by atoms with E-state index in [9.17, 15) is 0 Å². The average Bonchev–Trinajstić information content (AvgIpc) is 2.93. The molecule has 0 fully saturated rings. The van der Waals surface area contributed by atoms with Gasteiger partial charge < -0.3 is 15.6 Å². The third-order valence-electron chi connectivity index (χ3n) is 3.40. The van der Waals surface area contributed by atoms with Crippen molar-refractivity contribution in [3.8, 4) is 11.4 Å². The molecule has 3 aromatic rings. The highest BCUT2D eigenvalue weighted by molar-refractivity contribution is 5.73. The smallest absolute Gasteiger partial charge is 0.165 e. The molecule has 0 bridgehead atoms. The molecule has 0 atom stereocenters. The topological polar surface area (TPSA) is 68.8 Å². The normalized spacial score (nSPS) is 10.5. The van der Waals surface area contributed by atoms with E-state index in [-0.39, 0.29) is 0 Å². The van der Waals surface area contributed by atoms with Crippen molar-refractivity contribution in [1.29, 1.82) is 0 Å². The molecule has 0 aliphatic heterocycles. The Bertz CT molecular complexity index is 748. The fourth-order valence-electron chi connectivity index (χ4n) is 2.24. The molecule has 0 saturated heterocycles. The van der Waals surface area contributed by atoms with Crippen LogP contribution in [0.1, 0.15) is 5.56 Å². The van der Waals surface area contributed by atoms with E-state index in [0.29, 0.717) is 6.54 Å². The molecular weight excluding hydrogens is 262 g/mol. The molecule has 106 valence electrons. The van der Waals surface area contributed by atoms with Gasteiger partial charge in [-0.05, 0) is 23.8 Å². The van der Waals surface area contributed by atoms with E-state index in [0.717, 1.165) is 28.3 Å². The second kappa shape index (κ2) is 5.66. The van der Waals surface area contributed by atoms with Crippen LogP contribution in [0.5, 0.6) is 0 Å². The number of aromatic nitrogens is 3. The van der Waals surface area contributed by atoms with Gasteiger partial charge in [0.05, 0.1) is 0 Å². The van der Waals surface area contributed by atoms with Crippen molar-refractivity contribution < 1.29 is 0 Å². The highest BCUT2D eigenvalue weighted by Gasteiger charge is 2.09. The number of hydrogen-bond donors (Lipinski definition) is 2. The van der Waals surface area contributed by atoms with Gasteiger partial charge in [-0.2, -0.15) is 0 Å². The van der Waals surface area contributed by atoms with Crippen molar-refractivity contribution in [3.05, 3.63) is 60.4 Å². The summed E-state index contributed by atoms with van der Waals surface area (Å²) in [5.41, 5.74) is 9.87. The lowest BCUT2D eigenvalue weighted by Crippen LogP contribution is -2.04. The highest BCUT2D eigenvalue weighted by Crippen LogP contribution is 2.26. The molecule has 1 heterocycles. The maximum Gasteiger partial charge on any atom is 0.165 e. The van der Waals surface area contributed by atoms with Crippen LogP contribution < -0.4 is 11.1 Å². The molecule has 5 nitrogen and oxygen atoms in total. The van der Waals surface area contributed by atoms with Crippen molar-refractivity contribution in [2.75, 3.05) is 11.1 Å². The lowest BCUT2D eigenvalue weighted by atomic mass is 10.1. The Labute approximate surface area is 123 Å². The van der Waals surface area contributed by atoms with Crippen LogP contribution in [0.15, 0.2) is 54.9 Å². The summed E-state index contributed by atoms with van der Waals surface area (Å²) in [4.78, 5) is 0. The van der Waals surface area contributed by atoms with Gasteiger partial charge in [0.15, 0.2) is 5.82 Å². The highest BCUT2D eigenvalue weighted by atomic mass is 15.2. The van der Waals surface area contributed by atoms with Crippen LogP contribution in [0.4, 0.5) is 11.4 Å². The molecule has 3 N–H and O–H groups in total. The van der Waals surface area contributed by atoms with Gasteiger partial charge in [0.2, 0.25) is 0 Å². The van der Waals surface area contributed by atoms with E-state index >= 15 is 0 Å². The molecule has 0 radical (unpaired) electrons. The maximum absolute atomic E-state index is 5.98. The number of nitrogen functional groups attached to an aromatic ring is 1. The first kappa shape index (κ1) is 13.2. The van der Waals surface area contributed by atoms with E-state index in [2.05, 4.69) is 15.5 Å². The van der Waals surface area contributed by atoms with Gasteiger partial charge in [-0.3, -0.25) is 0 Å². The molecular formula is C16H17N5. The number of aryl methyl sites for hydroxylation is 1. The van der Waals surface area contributed by atoms with E-state index in [1.54, 1.807) is 6.33 Å². The lowest BCUT2D eigenvalue weighted by molar-refractivity contribution is 0.919. The predicted octanol–water partition coefficient (Wildman–Crippen LogP) is 2.68. The van der Waals surface area contributed by atoms with Gasteiger partial charge in [0.1, 0.15) is 6.33 Å². The monoisotopic (exact) mass is 279 g/mol. The summed E-state index contributed by atoms with van der Waals surface area (Å²) in [6.45, 7) is 0.668. The zero-order valence-electron chi connectivity index (χ0n) is 11.8. The van der Waals surface area contributed by atoms with E-state index in [1.807, 2.05) is 60.1 Å².